The molecule has 32 heavy (non-hydrogen) atoms. The van der Waals surface area contributed by atoms with Crippen molar-refractivity contribution in [1.82, 2.24) is 0 Å². The minimum atomic E-state index is -1.47. The molecule has 0 spiro atoms. The van der Waals surface area contributed by atoms with Gasteiger partial charge in [0.25, 0.3) is 0 Å². The molecular formula is C27H25IO3S. The molecule has 0 saturated carbocycles. The van der Waals surface area contributed by atoms with Crippen LogP contribution in [0.5, 0.6) is 5.75 Å². The fraction of sp³-hybridized carbons (Fsp3) is 0.111. The van der Waals surface area contributed by atoms with E-state index < -0.39 is 13.0 Å². The number of phenols is 1. The van der Waals surface area contributed by atoms with Crippen molar-refractivity contribution in [3.8, 4) is 5.75 Å². The van der Waals surface area contributed by atoms with Gasteiger partial charge in [-0.15, -0.1) is 7.20 Å². The molecule has 5 heteroatoms. The standard InChI is InChI=1S/C27H25IO3S/c1-30-27(31-2,21-13-17-23(29)18-14-21)22-15-19-26(20-16-22)32(28,24-9-5-3-6-10-24)25-11-7-4-8-12-25/h3-20,29H,1-2H3. The zero-order valence-corrected chi connectivity index (χ0v) is 20.9. The number of ether oxygens (including phenoxy) is 2. The summed E-state index contributed by atoms with van der Waals surface area (Å²) in [5.74, 6) is -0.858. The van der Waals surface area contributed by atoms with E-state index in [1.807, 2.05) is 12.1 Å². The van der Waals surface area contributed by atoms with Gasteiger partial charge in [-0.25, -0.2) is 0 Å². The van der Waals surface area contributed by atoms with Gasteiger partial charge in [0.05, 0.1) is 0 Å². The maximum absolute atomic E-state index is 9.70. The molecular weight excluding hydrogens is 531 g/mol. The number of hydrogen-bond donors (Lipinski definition) is 1. The molecule has 4 aromatic carbocycles. The molecule has 0 saturated heterocycles. The van der Waals surface area contributed by atoms with Crippen LogP contribution in [0.15, 0.2) is 124 Å². The Balaban J connectivity index is 1.82. The van der Waals surface area contributed by atoms with E-state index in [1.165, 1.54) is 14.7 Å². The van der Waals surface area contributed by atoms with Crippen molar-refractivity contribution in [2.45, 2.75) is 20.5 Å². The van der Waals surface area contributed by atoms with Crippen LogP contribution in [0.25, 0.3) is 0 Å². The largest absolute Gasteiger partial charge is 0.508 e. The van der Waals surface area contributed by atoms with Crippen LogP contribution in [0, 0.1) is 0 Å². The van der Waals surface area contributed by atoms with Crippen LogP contribution >= 0.6 is 28.4 Å². The zero-order chi connectivity index (χ0) is 22.6. The van der Waals surface area contributed by atoms with Crippen LogP contribution in [-0.2, 0) is 15.3 Å². The van der Waals surface area contributed by atoms with Crippen molar-refractivity contribution >= 4 is 28.4 Å². The smallest absolute Gasteiger partial charge is 0.221 e. The number of methoxy groups -OCH3 is 2. The van der Waals surface area contributed by atoms with E-state index in [4.69, 9.17) is 9.47 Å². The van der Waals surface area contributed by atoms with Crippen LogP contribution in [-0.4, -0.2) is 19.3 Å². The monoisotopic (exact) mass is 556 g/mol. The van der Waals surface area contributed by atoms with Crippen LogP contribution in [0.2, 0.25) is 0 Å². The van der Waals surface area contributed by atoms with Gasteiger partial charge in [0, 0.05) is 40.0 Å². The molecule has 0 unspecified atom stereocenters. The Hall–Kier alpha value is -2.32. The summed E-state index contributed by atoms with van der Waals surface area (Å²) in [5, 5.41) is 9.70. The third-order valence-electron chi connectivity index (χ3n) is 5.52. The van der Waals surface area contributed by atoms with Crippen LogP contribution in [0.1, 0.15) is 11.1 Å². The number of benzene rings is 4. The first-order valence-electron chi connectivity index (χ1n) is 10.2. The molecule has 0 aliphatic heterocycles. The predicted molar refractivity (Wildman–Crippen MR) is 139 cm³/mol. The summed E-state index contributed by atoms with van der Waals surface area (Å²) in [4.78, 5) is 3.83. The Kier molecular flexibility index (Phi) is 6.90. The van der Waals surface area contributed by atoms with E-state index in [0.717, 1.165) is 11.1 Å². The van der Waals surface area contributed by atoms with E-state index in [-0.39, 0.29) is 5.75 Å². The van der Waals surface area contributed by atoms with Crippen molar-refractivity contribution in [2.75, 3.05) is 14.2 Å². The van der Waals surface area contributed by atoms with E-state index in [1.54, 1.807) is 26.4 Å². The molecule has 4 aromatic rings. The maximum atomic E-state index is 9.70. The molecule has 0 heterocycles. The molecule has 1 N–H and O–H groups in total. The second kappa shape index (κ2) is 9.67. The number of rotatable bonds is 7. The lowest BCUT2D eigenvalue weighted by Crippen LogP contribution is -2.32. The van der Waals surface area contributed by atoms with Gasteiger partial charge in [0.2, 0.25) is 5.79 Å². The molecule has 164 valence electrons. The molecule has 0 fully saturated rings. The summed E-state index contributed by atoms with van der Waals surface area (Å²) in [6.45, 7) is 0. The average molecular weight is 556 g/mol. The zero-order valence-electron chi connectivity index (χ0n) is 17.9. The topological polar surface area (TPSA) is 38.7 Å². The SMILES string of the molecule is COC(OC)(c1ccc(O)cc1)c1ccc(S(I)(c2ccccc2)c2ccccc2)cc1. The summed E-state index contributed by atoms with van der Waals surface area (Å²) >= 11 is 2.63. The highest BCUT2D eigenvalue weighted by atomic mass is 127. The van der Waals surface area contributed by atoms with Gasteiger partial charge in [-0.3, -0.25) is 0 Å². The number of halogens is 1. The molecule has 0 radical (unpaired) electrons. The second-order valence-corrected chi connectivity index (χ2v) is 13.7. The van der Waals surface area contributed by atoms with Gasteiger partial charge in [0.1, 0.15) is 5.75 Å². The van der Waals surface area contributed by atoms with Gasteiger partial charge in [0.15, 0.2) is 0 Å². The van der Waals surface area contributed by atoms with E-state index >= 15 is 0 Å². The van der Waals surface area contributed by atoms with E-state index in [2.05, 4.69) is 106 Å². The highest BCUT2D eigenvalue weighted by Crippen LogP contribution is 2.74. The first kappa shape index (κ1) is 22.9. The minimum absolute atomic E-state index is 0.203. The van der Waals surface area contributed by atoms with Gasteiger partial charge in [-0.2, -0.15) is 0 Å². The number of hydrogen-bond acceptors (Lipinski definition) is 3. The molecule has 0 bridgehead atoms. The van der Waals surface area contributed by atoms with Crippen molar-refractivity contribution in [1.29, 1.82) is 0 Å². The Morgan fingerprint density at radius 1 is 0.594 bits per heavy atom. The summed E-state index contributed by atoms with van der Waals surface area (Å²) in [6.07, 6.45) is 0. The van der Waals surface area contributed by atoms with E-state index in [9.17, 15) is 5.11 Å². The lowest BCUT2D eigenvalue weighted by Gasteiger charge is -2.36. The fourth-order valence-electron chi connectivity index (χ4n) is 3.89. The Morgan fingerprint density at radius 3 is 1.38 bits per heavy atom. The Morgan fingerprint density at radius 2 is 0.969 bits per heavy atom. The summed E-state index contributed by atoms with van der Waals surface area (Å²) in [6, 6.07) is 36.7. The van der Waals surface area contributed by atoms with Gasteiger partial charge >= 0.3 is 0 Å². The molecule has 0 atom stereocenters. The van der Waals surface area contributed by atoms with Crippen LogP contribution < -0.4 is 0 Å². The summed E-state index contributed by atoms with van der Waals surface area (Å²) in [7, 11) is 1.80. The Labute approximate surface area is 202 Å². The van der Waals surface area contributed by atoms with Crippen molar-refractivity contribution in [3.63, 3.8) is 0 Å². The first-order chi connectivity index (χ1) is 15.5. The highest BCUT2D eigenvalue weighted by Gasteiger charge is 2.35. The quantitative estimate of drug-likeness (QED) is 0.189. The van der Waals surface area contributed by atoms with E-state index in [0.29, 0.717) is 0 Å². The maximum Gasteiger partial charge on any atom is 0.221 e. The van der Waals surface area contributed by atoms with Crippen molar-refractivity contribution in [3.05, 3.63) is 120 Å². The van der Waals surface area contributed by atoms with Crippen LogP contribution in [0.4, 0.5) is 0 Å². The van der Waals surface area contributed by atoms with Crippen LogP contribution in [0.3, 0.4) is 0 Å². The fourth-order valence-corrected chi connectivity index (χ4v) is 8.92. The molecule has 0 aliphatic rings. The molecule has 0 aliphatic carbocycles. The lowest BCUT2D eigenvalue weighted by molar-refractivity contribution is -0.183. The average Bonchev–Trinajstić information content (AvgIpc) is 2.87. The predicted octanol–water partition coefficient (Wildman–Crippen LogP) is 7.52. The first-order valence-corrected chi connectivity index (χ1v) is 14.4. The number of phenolic OH excluding ortho intramolecular Hbond substituents is 1. The van der Waals surface area contributed by atoms with Crippen molar-refractivity contribution in [2.24, 2.45) is 0 Å². The summed E-state index contributed by atoms with van der Waals surface area (Å²) in [5.41, 5.74) is 1.70. The third kappa shape index (κ3) is 4.06. The van der Waals surface area contributed by atoms with Gasteiger partial charge < -0.3 is 14.6 Å². The molecule has 4 rings (SSSR count). The third-order valence-corrected chi connectivity index (χ3v) is 12.9. The number of aromatic hydroxyl groups is 1. The Bertz CT molecular complexity index is 1100. The highest BCUT2D eigenvalue weighted by molar-refractivity contribution is 14.2. The second-order valence-electron chi connectivity index (χ2n) is 7.26. The molecule has 3 nitrogen and oxygen atoms in total. The van der Waals surface area contributed by atoms with Crippen molar-refractivity contribution < 1.29 is 14.6 Å². The minimum Gasteiger partial charge on any atom is -0.508 e. The van der Waals surface area contributed by atoms with Gasteiger partial charge in [-0.1, -0.05) is 48.5 Å². The van der Waals surface area contributed by atoms with Gasteiger partial charge in [-0.05, 0) is 81.9 Å². The lowest BCUT2D eigenvalue weighted by atomic mass is 9.97. The normalized spacial score (nSPS) is 12.5. The molecule has 0 aromatic heterocycles. The molecule has 0 amide bonds. The summed E-state index contributed by atoms with van der Waals surface area (Å²) < 4.78 is 11.8.